The first-order valence-corrected chi connectivity index (χ1v) is 8.46. The number of hydrogen-bond acceptors (Lipinski definition) is 3. The molecule has 1 aliphatic rings. The van der Waals surface area contributed by atoms with E-state index >= 15 is 0 Å². The molecule has 4 nitrogen and oxygen atoms in total. The van der Waals surface area contributed by atoms with Crippen molar-refractivity contribution in [3.05, 3.63) is 29.3 Å². The fourth-order valence-electron chi connectivity index (χ4n) is 2.81. The number of halogens is 4. The molecule has 132 valence electrons. The van der Waals surface area contributed by atoms with Crippen molar-refractivity contribution in [2.75, 3.05) is 20.1 Å². The molecule has 1 aromatic rings. The number of nitrogens with one attached hydrogen (secondary N) is 1. The second-order valence-electron chi connectivity index (χ2n) is 5.45. The van der Waals surface area contributed by atoms with Crippen LogP contribution >= 0.6 is 12.4 Å². The summed E-state index contributed by atoms with van der Waals surface area (Å²) in [6.07, 6.45) is -2.97. The average molecular weight is 373 g/mol. The van der Waals surface area contributed by atoms with Gasteiger partial charge in [0.1, 0.15) is 0 Å². The fourth-order valence-corrected chi connectivity index (χ4v) is 4.71. The maximum atomic E-state index is 12.7. The van der Waals surface area contributed by atoms with Crippen LogP contribution < -0.4 is 5.32 Å². The molecule has 1 N–H and O–H groups in total. The quantitative estimate of drug-likeness (QED) is 0.884. The van der Waals surface area contributed by atoms with Crippen LogP contribution in [0.1, 0.15) is 24.0 Å². The van der Waals surface area contributed by atoms with Crippen molar-refractivity contribution in [3.63, 3.8) is 0 Å². The van der Waals surface area contributed by atoms with Crippen LogP contribution in [-0.4, -0.2) is 38.9 Å². The van der Waals surface area contributed by atoms with Crippen LogP contribution in [0.15, 0.2) is 23.1 Å². The van der Waals surface area contributed by atoms with E-state index in [9.17, 15) is 21.6 Å². The Kier molecular flexibility index (Phi) is 6.48. The van der Waals surface area contributed by atoms with Crippen molar-refractivity contribution in [2.45, 2.75) is 36.9 Å². The highest BCUT2D eigenvalue weighted by Crippen LogP contribution is 2.33. The van der Waals surface area contributed by atoms with Crippen LogP contribution in [0.25, 0.3) is 0 Å². The molecule has 0 bridgehead atoms. The highest BCUT2D eigenvalue weighted by atomic mass is 35.5. The summed E-state index contributed by atoms with van der Waals surface area (Å²) in [6, 6.07) is 2.61. The lowest BCUT2D eigenvalue weighted by atomic mass is 10.1. The number of nitrogens with zero attached hydrogens (tertiary/aromatic N) is 1. The zero-order valence-electron chi connectivity index (χ0n) is 12.9. The summed E-state index contributed by atoms with van der Waals surface area (Å²) in [4.78, 5) is -0.0523. The van der Waals surface area contributed by atoms with E-state index in [4.69, 9.17) is 0 Å². The number of rotatable bonds is 4. The van der Waals surface area contributed by atoms with Crippen molar-refractivity contribution in [1.29, 1.82) is 0 Å². The number of hydrogen-bond donors (Lipinski definition) is 1. The largest absolute Gasteiger partial charge is 0.416 e. The molecule has 0 aromatic heterocycles. The Morgan fingerprint density at radius 2 is 2.00 bits per heavy atom. The van der Waals surface area contributed by atoms with Crippen LogP contribution in [-0.2, 0) is 16.2 Å². The van der Waals surface area contributed by atoms with E-state index in [0.717, 1.165) is 31.0 Å². The predicted octanol–water partition coefficient (Wildman–Crippen LogP) is 2.81. The first kappa shape index (κ1) is 20.2. The number of sulfonamides is 1. The van der Waals surface area contributed by atoms with Gasteiger partial charge in [-0.1, -0.05) is 0 Å². The van der Waals surface area contributed by atoms with Gasteiger partial charge in [-0.15, -0.1) is 12.4 Å². The van der Waals surface area contributed by atoms with Crippen molar-refractivity contribution in [2.24, 2.45) is 0 Å². The van der Waals surface area contributed by atoms with Gasteiger partial charge >= 0.3 is 6.18 Å². The molecule has 1 aromatic carbocycles. The second-order valence-corrected chi connectivity index (χ2v) is 7.31. The second kappa shape index (κ2) is 7.38. The Morgan fingerprint density at radius 3 is 2.52 bits per heavy atom. The minimum atomic E-state index is -4.48. The molecule has 2 rings (SSSR count). The zero-order valence-corrected chi connectivity index (χ0v) is 14.5. The first-order valence-electron chi connectivity index (χ1n) is 7.02. The highest BCUT2D eigenvalue weighted by Gasteiger charge is 2.37. The number of benzene rings is 1. The molecule has 0 amide bonds. The number of alkyl halides is 3. The minimum absolute atomic E-state index is 0. The molecule has 9 heteroatoms. The van der Waals surface area contributed by atoms with Gasteiger partial charge in [0.15, 0.2) is 0 Å². The van der Waals surface area contributed by atoms with E-state index in [1.165, 1.54) is 11.2 Å². The molecule has 1 saturated heterocycles. The van der Waals surface area contributed by atoms with Crippen molar-refractivity contribution in [3.8, 4) is 0 Å². The number of likely N-dealkylation sites (N-methyl/N-ethyl adjacent to an activating group) is 1. The standard InChI is InChI=1S/C14H19F3N2O2S.ClH/c1-10-8-11(14(15,16)17)5-6-13(10)22(20,21)19-7-3-4-12(19)9-18-2;/h5-6,8,12,18H,3-4,7,9H2,1-2H3;1H. The molecule has 1 atom stereocenters. The van der Waals surface area contributed by atoms with Crippen molar-refractivity contribution in [1.82, 2.24) is 9.62 Å². The van der Waals surface area contributed by atoms with E-state index in [1.807, 2.05) is 0 Å². The van der Waals surface area contributed by atoms with Gasteiger partial charge in [-0.3, -0.25) is 0 Å². The summed E-state index contributed by atoms with van der Waals surface area (Å²) in [5.74, 6) is 0. The van der Waals surface area contributed by atoms with Gasteiger partial charge in [0.05, 0.1) is 10.5 Å². The summed E-state index contributed by atoms with van der Waals surface area (Å²) in [7, 11) is -2.03. The van der Waals surface area contributed by atoms with Crippen LogP contribution in [0, 0.1) is 6.92 Å². The fraction of sp³-hybridized carbons (Fsp3) is 0.571. The zero-order chi connectivity index (χ0) is 16.5. The van der Waals surface area contributed by atoms with Gasteiger partial charge in [-0.05, 0) is 50.6 Å². The van der Waals surface area contributed by atoms with Crippen molar-refractivity contribution >= 4 is 22.4 Å². The molecule has 1 heterocycles. The topological polar surface area (TPSA) is 49.4 Å². The Labute approximate surface area is 140 Å². The van der Waals surface area contributed by atoms with Gasteiger partial charge < -0.3 is 5.32 Å². The van der Waals surface area contributed by atoms with E-state index in [1.54, 1.807) is 7.05 Å². The summed E-state index contributed by atoms with van der Waals surface area (Å²) < 4.78 is 64.9. The smallest absolute Gasteiger partial charge is 0.318 e. The van der Waals surface area contributed by atoms with E-state index in [0.29, 0.717) is 13.1 Å². The molecule has 0 spiro atoms. The average Bonchev–Trinajstić information content (AvgIpc) is 2.86. The van der Waals surface area contributed by atoms with Crippen LogP contribution in [0.3, 0.4) is 0 Å². The van der Waals surface area contributed by atoms with Crippen molar-refractivity contribution < 1.29 is 21.6 Å². The first-order chi connectivity index (χ1) is 10.2. The van der Waals surface area contributed by atoms with Gasteiger partial charge in [0.2, 0.25) is 10.0 Å². The molecule has 1 unspecified atom stereocenters. The molecule has 0 radical (unpaired) electrons. The lowest BCUT2D eigenvalue weighted by Gasteiger charge is -2.25. The monoisotopic (exact) mass is 372 g/mol. The Bertz CT molecular complexity index is 650. The molecule has 1 aliphatic heterocycles. The Morgan fingerprint density at radius 1 is 1.35 bits per heavy atom. The van der Waals surface area contributed by atoms with Gasteiger partial charge in [-0.2, -0.15) is 17.5 Å². The molecule has 1 fully saturated rings. The molecular formula is C14H20ClF3N2O2S. The van der Waals surface area contributed by atoms with Crippen LogP contribution in [0.4, 0.5) is 13.2 Å². The third kappa shape index (κ3) is 4.17. The maximum absolute atomic E-state index is 12.7. The number of aryl methyl sites for hydroxylation is 1. The summed E-state index contributed by atoms with van der Waals surface area (Å²) in [5, 5.41) is 2.95. The minimum Gasteiger partial charge on any atom is -0.318 e. The predicted molar refractivity (Wildman–Crippen MR) is 84.3 cm³/mol. The van der Waals surface area contributed by atoms with Crippen LogP contribution in [0.2, 0.25) is 0 Å². The summed E-state index contributed by atoms with van der Waals surface area (Å²) in [6.45, 7) is 2.32. The maximum Gasteiger partial charge on any atom is 0.416 e. The Hall–Kier alpha value is -0.830. The highest BCUT2D eigenvalue weighted by molar-refractivity contribution is 7.89. The van der Waals surface area contributed by atoms with E-state index < -0.39 is 21.8 Å². The summed E-state index contributed by atoms with van der Waals surface area (Å²) >= 11 is 0. The Balaban J connectivity index is 0.00000264. The summed E-state index contributed by atoms with van der Waals surface area (Å²) in [5.41, 5.74) is -0.720. The lowest BCUT2D eigenvalue weighted by Crippen LogP contribution is -2.41. The molecule has 0 saturated carbocycles. The molecule has 0 aliphatic carbocycles. The third-order valence-corrected chi connectivity index (χ3v) is 5.96. The van der Waals surface area contributed by atoms with E-state index in [-0.39, 0.29) is 28.9 Å². The molecule has 23 heavy (non-hydrogen) atoms. The normalized spacial score (nSPS) is 19.6. The van der Waals surface area contributed by atoms with E-state index in [2.05, 4.69) is 5.32 Å². The van der Waals surface area contributed by atoms with Gasteiger partial charge in [0.25, 0.3) is 0 Å². The van der Waals surface area contributed by atoms with Gasteiger partial charge in [-0.25, -0.2) is 8.42 Å². The van der Waals surface area contributed by atoms with Crippen LogP contribution in [0.5, 0.6) is 0 Å². The lowest BCUT2D eigenvalue weighted by molar-refractivity contribution is -0.137. The SMILES string of the molecule is CNCC1CCCN1S(=O)(=O)c1ccc(C(F)(F)F)cc1C.Cl. The van der Waals surface area contributed by atoms with Gasteiger partial charge in [0, 0.05) is 19.1 Å². The third-order valence-electron chi connectivity index (χ3n) is 3.85. The molecular weight excluding hydrogens is 353 g/mol.